The van der Waals surface area contributed by atoms with Crippen LogP contribution in [-0.4, -0.2) is 34.6 Å². The lowest BCUT2D eigenvalue weighted by Crippen LogP contribution is -2.33. The molecule has 0 saturated carbocycles. The van der Waals surface area contributed by atoms with Crippen molar-refractivity contribution in [1.82, 2.24) is 14.5 Å². The molecule has 1 aromatic carbocycles. The number of nitrogens with zero attached hydrogens (tertiary/aromatic N) is 3. The molecule has 1 heterocycles. The highest BCUT2D eigenvalue weighted by molar-refractivity contribution is 5.77. The summed E-state index contributed by atoms with van der Waals surface area (Å²) < 4.78 is 1.68. The van der Waals surface area contributed by atoms with Gasteiger partial charge >= 0.3 is 0 Å². The summed E-state index contributed by atoms with van der Waals surface area (Å²) in [5, 5.41) is 0.689. The zero-order valence-corrected chi connectivity index (χ0v) is 11.3. The number of aromatic nitrogens is 2. The van der Waals surface area contributed by atoms with Crippen LogP contribution in [0.3, 0.4) is 0 Å². The van der Waals surface area contributed by atoms with Crippen molar-refractivity contribution in [3.8, 4) is 0 Å². The molecule has 0 fully saturated rings. The third kappa shape index (κ3) is 2.43. The number of rotatable bonds is 3. The van der Waals surface area contributed by atoms with Crippen LogP contribution in [0.4, 0.5) is 0 Å². The van der Waals surface area contributed by atoms with Crippen LogP contribution in [0.2, 0.25) is 0 Å². The zero-order chi connectivity index (χ0) is 13.3. The maximum atomic E-state index is 12.3. The van der Waals surface area contributed by atoms with Crippen molar-refractivity contribution in [1.29, 1.82) is 0 Å². The van der Waals surface area contributed by atoms with Gasteiger partial charge in [0.05, 0.1) is 17.2 Å². The highest BCUT2D eigenvalue weighted by atomic mass is 16.1. The van der Waals surface area contributed by atoms with Crippen molar-refractivity contribution in [3.05, 3.63) is 40.4 Å². The van der Waals surface area contributed by atoms with E-state index in [0.29, 0.717) is 18.0 Å². The molecule has 0 aliphatic carbocycles. The molecule has 0 aliphatic rings. The lowest BCUT2D eigenvalue weighted by molar-refractivity contribution is 0.281. The Balaban J connectivity index is 2.45. The van der Waals surface area contributed by atoms with Crippen LogP contribution in [0.5, 0.6) is 0 Å². The zero-order valence-electron chi connectivity index (χ0n) is 11.3. The van der Waals surface area contributed by atoms with Gasteiger partial charge < -0.3 is 4.90 Å². The maximum absolute atomic E-state index is 12.3. The van der Waals surface area contributed by atoms with Crippen molar-refractivity contribution in [3.63, 3.8) is 0 Å². The monoisotopic (exact) mass is 245 g/mol. The Hall–Kier alpha value is -1.68. The van der Waals surface area contributed by atoms with Gasteiger partial charge in [0.25, 0.3) is 5.56 Å². The van der Waals surface area contributed by atoms with Crippen LogP contribution in [0.15, 0.2) is 29.3 Å². The first-order valence-corrected chi connectivity index (χ1v) is 6.11. The topological polar surface area (TPSA) is 38.1 Å². The second-order valence-corrected chi connectivity index (χ2v) is 5.04. The largest absolute Gasteiger partial charge is 0.305 e. The van der Waals surface area contributed by atoms with Gasteiger partial charge in [-0.2, -0.15) is 0 Å². The van der Waals surface area contributed by atoms with Crippen molar-refractivity contribution in [2.24, 2.45) is 0 Å². The summed E-state index contributed by atoms with van der Waals surface area (Å²) in [4.78, 5) is 18.8. The summed E-state index contributed by atoms with van der Waals surface area (Å²) in [7, 11) is 4.01. The molecule has 0 saturated heterocycles. The molecule has 4 nitrogen and oxygen atoms in total. The second-order valence-electron chi connectivity index (χ2n) is 5.04. The first-order valence-electron chi connectivity index (χ1n) is 6.11. The van der Waals surface area contributed by atoms with Gasteiger partial charge in [0, 0.05) is 12.6 Å². The molecule has 0 aliphatic heterocycles. The highest BCUT2D eigenvalue weighted by Crippen LogP contribution is 2.09. The standard InChI is InChI=1S/C14H19N3O/c1-10-5-6-12-13(7-10)15-9-17(14(12)18)8-11(2)16(3)4/h5-7,9,11H,8H2,1-4H3/t11-/m0/s1. The van der Waals surface area contributed by atoms with E-state index in [9.17, 15) is 4.79 Å². The predicted molar refractivity (Wildman–Crippen MR) is 73.9 cm³/mol. The van der Waals surface area contributed by atoms with E-state index in [1.54, 1.807) is 10.9 Å². The molecule has 96 valence electrons. The van der Waals surface area contributed by atoms with Gasteiger partial charge in [0.15, 0.2) is 0 Å². The van der Waals surface area contributed by atoms with Crippen LogP contribution in [-0.2, 0) is 6.54 Å². The Kier molecular flexibility index (Phi) is 3.48. The van der Waals surface area contributed by atoms with Crippen molar-refractivity contribution < 1.29 is 0 Å². The van der Waals surface area contributed by atoms with Gasteiger partial charge in [-0.1, -0.05) is 6.07 Å². The smallest absolute Gasteiger partial charge is 0.261 e. The number of likely N-dealkylation sites (N-methyl/N-ethyl adjacent to an activating group) is 1. The van der Waals surface area contributed by atoms with Gasteiger partial charge in [-0.25, -0.2) is 4.98 Å². The molecule has 1 aromatic heterocycles. The molecule has 1 atom stereocenters. The molecular weight excluding hydrogens is 226 g/mol. The Morgan fingerprint density at radius 1 is 1.39 bits per heavy atom. The van der Waals surface area contributed by atoms with Gasteiger partial charge in [-0.3, -0.25) is 9.36 Å². The summed E-state index contributed by atoms with van der Waals surface area (Å²) >= 11 is 0. The summed E-state index contributed by atoms with van der Waals surface area (Å²) in [6, 6.07) is 6.05. The van der Waals surface area contributed by atoms with Gasteiger partial charge in [-0.05, 0) is 45.6 Å². The van der Waals surface area contributed by atoms with E-state index in [2.05, 4.69) is 16.8 Å². The van der Waals surface area contributed by atoms with Crippen LogP contribution in [0.1, 0.15) is 12.5 Å². The summed E-state index contributed by atoms with van der Waals surface area (Å²) in [6.07, 6.45) is 1.64. The molecule has 4 heteroatoms. The van der Waals surface area contributed by atoms with Gasteiger partial charge in [-0.15, -0.1) is 0 Å². The fourth-order valence-corrected chi connectivity index (χ4v) is 1.85. The summed E-state index contributed by atoms with van der Waals surface area (Å²) in [5.41, 5.74) is 1.93. The first-order chi connectivity index (χ1) is 8.49. The Morgan fingerprint density at radius 2 is 2.11 bits per heavy atom. The summed E-state index contributed by atoms with van der Waals surface area (Å²) in [6.45, 7) is 4.75. The molecule has 0 unspecified atom stereocenters. The second kappa shape index (κ2) is 4.90. The van der Waals surface area contributed by atoms with Gasteiger partial charge in [0.2, 0.25) is 0 Å². The predicted octanol–water partition coefficient (Wildman–Crippen LogP) is 1.66. The first kappa shape index (κ1) is 12.8. The Labute approximate surface area is 107 Å². The Bertz CT molecular complexity index is 616. The van der Waals surface area contributed by atoms with Gasteiger partial charge in [0.1, 0.15) is 0 Å². The minimum atomic E-state index is 0.0358. The van der Waals surface area contributed by atoms with Crippen LogP contribution >= 0.6 is 0 Å². The molecule has 0 N–H and O–H groups in total. The van der Waals surface area contributed by atoms with E-state index in [4.69, 9.17) is 0 Å². The third-order valence-electron chi connectivity index (χ3n) is 3.32. The molecule has 0 radical (unpaired) electrons. The van der Waals surface area contributed by atoms with Crippen LogP contribution in [0.25, 0.3) is 10.9 Å². The fraction of sp³-hybridized carbons (Fsp3) is 0.429. The van der Waals surface area contributed by atoms with E-state index in [-0.39, 0.29) is 5.56 Å². The molecule has 0 spiro atoms. The van der Waals surface area contributed by atoms with E-state index < -0.39 is 0 Å². The average Bonchev–Trinajstić information content (AvgIpc) is 2.32. The summed E-state index contributed by atoms with van der Waals surface area (Å²) in [5.74, 6) is 0. The van der Waals surface area contributed by atoms with E-state index in [0.717, 1.165) is 11.1 Å². The minimum absolute atomic E-state index is 0.0358. The minimum Gasteiger partial charge on any atom is -0.305 e. The SMILES string of the molecule is Cc1ccc2c(=O)n(C[C@H](C)N(C)C)cnc2c1. The fourth-order valence-electron chi connectivity index (χ4n) is 1.85. The molecular formula is C14H19N3O. The molecule has 2 aromatic rings. The molecule has 18 heavy (non-hydrogen) atoms. The third-order valence-corrected chi connectivity index (χ3v) is 3.32. The van der Waals surface area contributed by atoms with Crippen LogP contribution in [0, 0.1) is 6.92 Å². The quantitative estimate of drug-likeness (QED) is 0.825. The average molecular weight is 245 g/mol. The number of aryl methyl sites for hydroxylation is 1. The Morgan fingerprint density at radius 3 is 2.78 bits per heavy atom. The number of benzene rings is 1. The number of hydrogen-bond acceptors (Lipinski definition) is 3. The molecule has 0 bridgehead atoms. The maximum Gasteiger partial charge on any atom is 0.261 e. The molecule has 0 amide bonds. The van der Waals surface area contributed by atoms with E-state index >= 15 is 0 Å². The number of hydrogen-bond donors (Lipinski definition) is 0. The lowest BCUT2D eigenvalue weighted by atomic mass is 10.2. The van der Waals surface area contributed by atoms with Crippen LogP contribution < -0.4 is 5.56 Å². The van der Waals surface area contributed by atoms with Crippen molar-refractivity contribution in [2.75, 3.05) is 14.1 Å². The van der Waals surface area contributed by atoms with Crippen molar-refractivity contribution in [2.45, 2.75) is 26.4 Å². The highest BCUT2D eigenvalue weighted by Gasteiger charge is 2.09. The van der Waals surface area contributed by atoms with Crippen molar-refractivity contribution >= 4 is 10.9 Å². The molecule has 2 rings (SSSR count). The van der Waals surface area contributed by atoms with E-state index in [1.807, 2.05) is 39.2 Å². The van der Waals surface area contributed by atoms with E-state index in [1.165, 1.54) is 0 Å². The lowest BCUT2D eigenvalue weighted by Gasteiger charge is -2.20. The number of fused-ring (bicyclic) bond motifs is 1. The normalized spacial score (nSPS) is 13.2.